The molecule has 1 fully saturated rings. The molecule has 1 saturated heterocycles. The number of morpholine rings is 1. The van der Waals surface area contributed by atoms with Crippen molar-refractivity contribution < 1.29 is 9.47 Å². The van der Waals surface area contributed by atoms with Crippen molar-refractivity contribution in [2.75, 3.05) is 38.3 Å². The molecule has 0 saturated carbocycles. The molecule has 7 heteroatoms. The number of aromatic nitrogens is 3. The van der Waals surface area contributed by atoms with Crippen molar-refractivity contribution in [2.24, 2.45) is 4.99 Å². The van der Waals surface area contributed by atoms with Crippen molar-refractivity contribution in [2.45, 2.75) is 0 Å². The fourth-order valence-corrected chi connectivity index (χ4v) is 3.52. The van der Waals surface area contributed by atoms with E-state index < -0.39 is 0 Å². The maximum atomic E-state index is 5.44. The molecule has 2 aromatic heterocycles. The summed E-state index contributed by atoms with van der Waals surface area (Å²) in [5, 5.41) is 0. The number of fused-ring (bicyclic) bond motifs is 1. The lowest BCUT2D eigenvalue weighted by Crippen LogP contribution is -2.36. The number of ether oxygens (including phenoxy) is 2. The quantitative estimate of drug-likeness (QED) is 0.548. The average Bonchev–Trinajstić information content (AvgIpc) is 2.75. The molecule has 7 nitrogen and oxygen atoms in total. The van der Waals surface area contributed by atoms with Gasteiger partial charge < -0.3 is 14.4 Å². The standard InChI is InChI=1S/C21H19N5O2/c1-27-21-20(23-6-7-24-21)14-2-3-17-16(12-14)19(25-17)15-4-5-22-18(13-15)26-8-10-28-11-9-26/h2-7,12-13H,8-11H2,1H3. The summed E-state index contributed by atoms with van der Waals surface area (Å²) in [6.07, 6.45) is 5.14. The fraction of sp³-hybridized carbons (Fsp3) is 0.238. The van der Waals surface area contributed by atoms with Gasteiger partial charge in [-0.1, -0.05) is 6.07 Å². The number of pyridine rings is 1. The third-order valence-electron chi connectivity index (χ3n) is 4.97. The van der Waals surface area contributed by atoms with Gasteiger partial charge in [0.25, 0.3) is 0 Å². The van der Waals surface area contributed by atoms with Crippen LogP contribution in [0.15, 0.2) is 53.9 Å². The maximum Gasteiger partial charge on any atom is 0.240 e. The van der Waals surface area contributed by atoms with Gasteiger partial charge in [0.2, 0.25) is 5.88 Å². The van der Waals surface area contributed by atoms with Gasteiger partial charge >= 0.3 is 0 Å². The van der Waals surface area contributed by atoms with Crippen LogP contribution in [0.25, 0.3) is 11.3 Å². The largest absolute Gasteiger partial charge is 0.479 e. The molecule has 0 spiro atoms. The van der Waals surface area contributed by atoms with Crippen molar-refractivity contribution >= 4 is 17.2 Å². The highest BCUT2D eigenvalue weighted by Crippen LogP contribution is 2.37. The lowest BCUT2D eigenvalue weighted by molar-refractivity contribution is 0.122. The number of anilines is 1. The first-order chi connectivity index (χ1) is 13.8. The minimum absolute atomic E-state index is 0.513. The monoisotopic (exact) mass is 373 g/mol. The van der Waals surface area contributed by atoms with Crippen molar-refractivity contribution in [1.29, 1.82) is 0 Å². The van der Waals surface area contributed by atoms with E-state index in [4.69, 9.17) is 14.5 Å². The Balaban J connectivity index is 1.47. The van der Waals surface area contributed by atoms with Crippen LogP contribution < -0.4 is 9.64 Å². The molecular weight excluding hydrogens is 354 g/mol. The molecule has 0 bridgehead atoms. The zero-order valence-corrected chi connectivity index (χ0v) is 15.5. The summed E-state index contributed by atoms with van der Waals surface area (Å²) >= 11 is 0. The normalized spacial score (nSPS) is 15.5. The van der Waals surface area contributed by atoms with Crippen LogP contribution in [0.2, 0.25) is 0 Å². The molecule has 2 aliphatic rings. The summed E-state index contributed by atoms with van der Waals surface area (Å²) in [6, 6.07) is 10.2. The van der Waals surface area contributed by atoms with E-state index in [9.17, 15) is 0 Å². The first-order valence-electron chi connectivity index (χ1n) is 9.21. The Hall–Kier alpha value is -3.32. The molecular formula is C21H19N5O2. The second-order valence-corrected chi connectivity index (χ2v) is 6.61. The van der Waals surface area contributed by atoms with Crippen molar-refractivity contribution in [3.05, 3.63) is 60.0 Å². The smallest absolute Gasteiger partial charge is 0.240 e. The van der Waals surface area contributed by atoms with Gasteiger partial charge in [-0.25, -0.2) is 19.9 Å². The first-order valence-corrected chi connectivity index (χ1v) is 9.21. The fourth-order valence-electron chi connectivity index (χ4n) is 3.52. The van der Waals surface area contributed by atoms with Gasteiger partial charge in [-0.3, -0.25) is 0 Å². The lowest BCUT2D eigenvalue weighted by atomic mass is 9.93. The summed E-state index contributed by atoms with van der Waals surface area (Å²) < 4.78 is 10.8. The van der Waals surface area contributed by atoms with E-state index in [1.165, 1.54) is 0 Å². The molecule has 140 valence electrons. The van der Waals surface area contributed by atoms with Crippen molar-refractivity contribution in [3.63, 3.8) is 0 Å². The van der Waals surface area contributed by atoms with Crippen molar-refractivity contribution in [3.8, 4) is 17.1 Å². The summed E-state index contributed by atoms with van der Waals surface area (Å²) in [4.78, 5) is 20.1. The molecule has 0 unspecified atom stereocenters. The molecule has 5 rings (SSSR count). The van der Waals surface area contributed by atoms with Gasteiger partial charge in [-0.05, 0) is 24.3 Å². The Kier molecular flexibility index (Phi) is 4.21. The number of methoxy groups -OCH3 is 1. The number of hydrogen-bond donors (Lipinski definition) is 0. The highest BCUT2D eigenvalue weighted by Gasteiger charge is 2.23. The second-order valence-electron chi connectivity index (χ2n) is 6.61. The average molecular weight is 373 g/mol. The van der Waals surface area contributed by atoms with E-state index >= 15 is 0 Å². The molecule has 4 heterocycles. The van der Waals surface area contributed by atoms with E-state index in [-0.39, 0.29) is 0 Å². The minimum atomic E-state index is 0.513. The van der Waals surface area contributed by atoms with E-state index in [1.54, 1.807) is 19.5 Å². The summed E-state index contributed by atoms with van der Waals surface area (Å²) in [5.41, 5.74) is 5.79. The minimum Gasteiger partial charge on any atom is -0.479 e. The van der Waals surface area contributed by atoms with E-state index in [2.05, 4.69) is 32.0 Å². The summed E-state index contributed by atoms with van der Waals surface area (Å²) in [6.45, 7) is 3.18. The van der Waals surface area contributed by atoms with Crippen LogP contribution in [0.4, 0.5) is 11.5 Å². The summed E-state index contributed by atoms with van der Waals surface area (Å²) in [7, 11) is 1.60. The Labute approximate surface area is 162 Å². The lowest BCUT2D eigenvalue weighted by Gasteiger charge is -2.28. The van der Waals surface area contributed by atoms with E-state index in [0.29, 0.717) is 5.88 Å². The topological polar surface area (TPSA) is 72.7 Å². The second kappa shape index (κ2) is 7.01. The van der Waals surface area contributed by atoms with E-state index in [0.717, 1.165) is 65.9 Å². The zero-order chi connectivity index (χ0) is 18.9. The Morgan fingerprint density at radius 1 is 0.929 bits per heavy atom. The van der Waals surface area contributed by atoms with Gasteiger partial charge in [0, 0.05) is 48.4 Å². The maximum absolute atomic E-state index is 5.44. The molecule has 2 aliphatic heterocycles. The number of rotatable bonds is 4. The molecule has 28 heavy (non-hydrogen) atoms. The van der Waals surface area contributed by atoms with Gasteiger partial charge in [0.05, 0.1) is 31.7 Å². The molecule has 0 N–H and O–H groups in total. The first kappa shape index (κ1) is 16.8. The van der Waals surface area contributed by atoms with Gasteiger partial charge in [0.1, 0.15) is 11.5 Å². The number of benzene rings is 1. The highest BCUT2D eigenvalue weighted by molar-refractivity contribution is 6.22. The van der Waals surface area contributed by atoms with Gasteiger partial charge in [-0.15, -0.1) is 0 Å². The molecule has 0 radical (unpaired) electrons. The third kappa shape index (κ3) is 2.90. The van der Waals surface area contributed by atoms with Crippen LogP contribution in [0.1, 0.15) is 11.1 Å². The third-order valence-corrected chi connectivity index (χ3v) is 4.97. The van der Waals surface area contributed by atoms with Gasteiger partial charge in [0.15, 0.2) is 0 Å². The molecule has 1 aromatic carbocycles. The van der Waals surface area contributed by atoms with Crippen LogP contribution in [-0.2, 0) is 4.74 Å². The van der Waals surface area contributed by atoms with E-state index in [1.807, 2.05) is 24.4 Å². The number of aliphatic imine (C=N–C) groups is 1. The zero-order valence-electron chi connectivity index (χ0n) is 15.5. The predicted molar refractivity (Wildman–Crippen MR) is 107 cm³/mol. The van der Waals surface area contributed by atoms with Crippen LogP contribution in [-0.4, -0.2) is 54.1 Å². The molecule has 0 aliphatic carbocycles. The SMILES string of the molecule is COc1nccnc1-c1ccc2c(c1)C(c1ccnc(N3CCOCC3)c1)=N2. The predicted octanol–water partition coefficient (Wildman–Crippen LogP) is 2.87. The molecule has 3 aromatic rings. The summed E-state index contributed by atoms with van der Waals surface area (Å²) in [5.74, 6) is 1.47. The Morgan fingerprint density at radius 2 is 1.79 bits per heavy atom. The van der Waals surface area contributed by atoms with Gasteiger partial charge in [-0.2, -0.15) is 0 Å². The van der Waals surface area contributed by atoms with Crippen LogP contribution >= 0.6 is 0 Å². The van der Waals surface area contributed by atoms with Crippen LogP contribution in [0.5, 0.6) is 5.88 Å². The van der Waals surface area contributed by atoms with Crippen LogP contribution in [0.3, 0.4) is 0 Å². The molecule has 0 atom stereocenters. The molecule has 0 amide bonds. The number of nitrogens with zero attached hydrogens (tertiary/aromatic N) is 5. The van der Waals surface area contributed by atoms with Crippen LogP contribution in [0, 0.1) is 0 Å². The Bertz CT molecular complexity index is 1060. The van der Waals surface area contributed by atoms with Crippen molar-refractivity contribution in [1.82, 2.24) is 15.0 Å². The Morgan fingerprint density at radius 3 is 2.64 bits per heavy atom. The number of hydrogen-bond acceptors (Lipinski definition) is 7. The highest BCUT2D eigenvalue weighted by atomic mass is 16.5.